The highest BCUT2D eigenvalue weighted by Crippen LogP contribution is 2.43. The number of aromatic hydroxyl groups is 1. The fourth-order valence-electron chi connectivity index (χ4n) is 3.62. The Morgan fingerprint density at radius 2 is 1.85 bits per heavy atom. The fourth-order valence-corrected chi connectivity index (χ4v) is 4.03. The van der Waals surface area contributed by atoms with Crippen molar-refractivity contribution in [1.82, 2.24) is 9.88 Å². The third-order valence-corrected chi connectivity index (χ3v) is 5.77. The number of carbonyl (C=O) groups is 2. The molecule has 172 valence electrons. The van der Waals surface area contributed by atoms with Crippen LogP contribution in [0, 0.1) is 0 Å². The Kier molecular flexibility index (Phi) is 5.56. The number of hydrogen-bond donors (Lipinski definition) is 3. The predicted molar refractivity (Wildman–Crippen MR) is 112 cm³/mol. The van der Waals surface area contributed by atoms with Gasteiger partial charge >= 0.3 is 12.1 Å². The van der Waals surface area contributed by atoms with Gasteiger partial charge in [0.2, 0.25) is 0 Å². The molecule has 0 radical (unpaired) electrons. The van der Waals surface area contributed by atoms with Crippen molar-refractivity contribution >= 4 is 38.7 Å². The van der Waals surface area contributed by atoms with E-state index in [2.05, 4.69) is 15.9 Å². The fraction of sp³-hybridized carbons (Fsp3) is 0.190. The first-order valence-electron chi connectivity index (χ1n) is 9.40. The van der Waals surface area contributed by atoms with E-state index in [1.807, 2.05) is 5.32 Å². The van der Waals surface area contributed by atoms with Crippen LogP contribution in [0.2, 0.25) is 0 Å². The Morgan fingerprint density at radius 1 is 1.18 bits per heavy atom. The molecule has 0 spiro atoms. The molecule has 33 heavy (non-hydrogen) atoms. The Bertz CT molecular complexity index is 1350. The number of nitrogens with one attached hydrogen (secondary N) is 1. The van der Waals surface area contributed by atoms with Gasteiger partial charge in [0, 0.05) is 5.39 Å². The summed E-state index contributed by atoms with van der Waals surface area (Å²) in [5, 5.41) is 21.5. The molecule has 1 aliphatic rings. The SMILES string of the molecule is O=C(O)CNC(=O)c1c(O)c2ccc(Br)c3c2n(c1=O)CC(c1ccc(C(F)(F)F)cc1)O3. The second kappa shape index (κ2) is 8.10. The Morgan fingerprint density at radius 3 is 2.45 bits per heavy atom. The van der Waals surface area contributed by atoms with Gasteiger partial charge in [-0.25, -0.2) is 0 Å². The lowest BCUT2D eigenvalue weighted by molar-refractivity contribution is -0.138. The smallest absolute Gasteiger partial charge is 0.416 e. The lowest BCUT2D eigenvalue weighted by Gasteiger charge is -2.29. The monoisotopic (exact) mass is 526 g/mol. The molecule has 0 bridgehead atoms. The summed E-state index contributed by atoms with van der Waals surface area (Å²) in [4.78, 5) is 36.4. The summed E-state index contributed by atoms with van der Waals surface area (Å²) < 4.78 is 46.3. The van der Waals surface area contributed by atoms with E-state index >= 15 is 0 Å². The van der Waals surface area contributed by atoms with Crippen LogP contribution in [0.25, 0.3) is 10.9 Å². The number of carbonyl (C=O) groups excluding carboxylic acids is 1. The van der Waals surface area contributed by atoms with E-state index in [4.69, 9.17) is 9.84 Å². The lowest BCUT2D eigenvalue weighted by Crippen LogP contribution is -2.38. The number of aromatic nitrogens is 1. The topological polar surface area (TPSA) is 118 Å². The third-order valence-electron chi connectivity index (χ3n) is 5.15. The van der Waals surface area contributed by atoms with Gasteiger partial charge in [-0.05, 0) is 45.8 Å². The van der Waals surface area contributed by atoms with Crippen LogP contribution in [0.4, 0.5) is 13.2 Å². The molecule has 3 N–H and O–H groups in total. The van der Waals surface area contributed by atoms with Gasteiger partial charge in [-0.15, -0.1) is 0 Å². The van der Waals surface area contributed by atoms with Crippen LogP contribution in [0.1, 0.15) is 27.6 Å². The summed E-state index contributed by atoms with van der Waals surface area (Å²) in [6.45, 7) is -0.928. The average Bonchev–Trinajstić information content (AvgIpc) is 2.76. The van der Waals surface area contributed by atoms with Crippen LogP contribution < -0.4 is 15.6 Å². The van der Waals surface area contributed by atoms with Gasteiger partial charge in [-0.3, -0.25) is 19.0 Å². The molecular weight excluding hydrogens is 513 g/mol. The standard InChI is InChI=1S/C21H14BrF3N2O6/c22-12-6-5-11-16-18(12)33-13(9-1-3-10(4-2-9)21(23,24)25)8-27(16)20(32)15(17(11)30)19(31)26-7-14(28)29/h1-6,13,30H,7-8H2,(H,26,31)(H,28,29). The number of amides is 1. The van der Waals surface area contributed by atoms with Crippen LogP contribution in [-0.2, 0) is 17.5 Å². The Labute approximate surface area is 191 Å². The summed E-state index contributed by atoms with van der Waals surface area (Å²) in [5.41, 5.74) is -1.85. The maximum absolute atomic E-state index is 13.2. The van der Waals surface area contributed by atoms with E-state index in [0.717, 1.165) is 12.1 Å². The zero-order chi connectivity index (χ0) is 24.1. The van der Waals surface area contributed by atoms with Crippen molar-refractivity contribution in [2.24, 2.45) is 0 Å². The number of benzene rings is 2. The zero-order valence-electron chi connectivity index (χ0n) is 16.4. The number of hydrogen-bond acceptors (Lipinski definition) is 5. The second-order valence-corrected chi connectivity index (χ2v) is 8.07. The molecule has 4 rings (SSSR count). The molecule has 2 heterocycles. The predicted octanol–water partition coefficient (Wildman–Crippen LogP) is 3.44. The van der Waals surface area contributed by atoms with Crippen LogP contribution >= 0.6 is 15.9 Å². The number of rotatable bonds is 4. The summed E-state index contributed by atoms with van der Waals surface area (Å²) in [7, 11) is 0. The van der Waals surface area contributed by atoms with E-state index in [0.29, 0.717) is 10.0 Å². The van der Waals surface area contributed by atoms with Crippen LogP contribution in [0.3, 0.4) is 0 Å². The van der Waals surface area contributed by atoms with E-state index in [1.54, 1.807) is 0 Å². The number of nitrogens with zero attached hydrogens (tertiary/aromatic N) is 1. The second-order valence-electron chi connectivity index (χ2n) is 7.21. The van der Waals surface area contributed by atoms with Crippen molar-refractivity contribution in [3.8, 4) is 11.5 Å². The minimum Gasteiger partial charge on any atom is -0.506 e. The largest absolute Gasteiger partial charge is 0.506 e. The molecule has 0 aliphatic carbocycles. The van der Waals surface area contributed by atoms with Gasteiger partial charge in [0.05, 0.1) is 22.1 Å². The molecule has 0 fully saturated rings. The molecule has 12 heteroatoms. The zero-order valence-corrected chi connectivity index (χ0v) is 18.0. The van der Waals surface area contributed by atoms with Gasteiger partial charge in [0.25, 0.3) is 11.5 Å². The summed E-state index contributed by atoms with van der Waals surface area (Å²) in [6.07, 6.45) is -5.39. The molecule has 1 aliphatic heterocycles. The molecule has 1 atom stereocenters. The van der Waals surface area contributed by atoms with E-state index < -0.39 is 53.1 Å². The van der Waals surface area contributed by atoms with E-state index in [9.17, 15) is 32.7 Å². The molecule has 0 saturated carbocycles. The Balaban J connectivity index is 1.84. The van der Waals surface area contributed by atoms with Crippen molar-refractivity contribution in [2.45, 2.75) is 18.8 Å². The van der Waals surface area contributed by atoms with Crippen LogP contribution in [0.5, 0.6) is 11.5 Å². The van der Waals surface area contributed by atoms with Crippen LogP contribution in [0.15, 0.2) is 45.7 Å². The quantitative estimate of drug-likeness (QED) is 0.479. The van der Waals surface area contributed by atoms with Gasteiger partial charge in [-0.1, -0.05) is 12.1 Å². The number of ether oxygens (including phenoxy) is 1. The average molecular weight is 527 g/mol. The van der Waals surface area contributed by atoms with Gasteiger partial charge in [0.15, 0.2) is 5.75 Å². The summed E-state index contributed by atoms with van der Waals surface area (Å²) in [5.74, 6) is -2.90. The number of pyridine rings is 1. The maximum atomic E-state index is 13.2. The van der Waals surface area contributed by atoms with Crippen molar-refractivity contribution < 1.29 is 37.7 Å². The molecule has 3 aromatic rings. The highest BCUT2D eigenvalue weighted by Gasteiger charge is 2.33. The first-order valence-corrected chi connectivity index (χ1v) is 10.2. The van der Waals surface area contributed by atoms with Crippen molar-refractivity contribution in [3.05, 3.63) is 67.9 Å². The molecule has 2 aromatic carbocycles. The highest BCUT2D eigenvalue weighted by molar-refractivity contribution is 9.10. The van der Waals surface area contributed by atoms with Crippen molar-refractivity contribution in [2.75, 3.05) is 6.54 Å². The first-order chi connectivity index (χ1) is 15.5. The summed E-state index contributed by atoms with van der Waals surface area (Å²) >= 11 is 3.31. The maximum Gasteiger partial charge on any atom is 0.416 e. The lowest BCUT2D eigenvalue weighted by atomic mass is 10.0. The van der Waals surface area contributed by atoms with E-state index in [-0.39, 0.29) is 23.2 Å². The van der Waals surface area contributed by atoms with Crippen LogP contribution in [-0.4, -0.2) is 33.2 Å². The first kappa shape index (κ1) is 22.6. The molecular formula is C21H14BrF3N2O6. The van der Waals surface area contributed by atoms with Gasteiger partial charge < -0.3 is 20.3 Å². The number of aliphatic carboxylic acids is 1. The summed E-state index contributed by atoms with van der Waals surface area (Å²) in [6, 6.07) is 7.23. The normalized spacial score (nSPS) is 15.2. The van der Waals surface area contributed by atoms with E-state index in [1.165, 1.54) is 28.8 Å². The minimum absolute atomic E-state index is 0.110. The van der Waals surface area contributed by atoms with Gasteiger partial charge in [0.1, 0.15) is 24.0 Å². The molecule has 8 nitrogen and oxygen atoms in total. The van der Waals surface area contributed by atoms with Crippen molar-refractivity contribution in [3.63, 3.8) is 0 Å². The minimum atomic E-state index is -4.51. The number of halogens is 4. The van der Waals surface area contributed by atoms with Gasteiger partial charge in [-0.2, -0.15) is 13.2 Å². The number of carboxylic acids is 1. The molecule has 1 aromatic heterocycles. The number of carboxylic acid groups (broad SMARTS) is 1. The molecule has 0 saturated heterocycles. The third kappa shape index (κ3) is 4.01. The highest BCUT2D eigenvalue weighted by atomic mass is 79.9. The Hall–Kier alpha value is -3.54. The van der Waals surface area contributed by atoms with Crippen molar-refractivity contribution in [1.29, 1.82) is 0 Å². The molecule has 1 amide bonds. The number of alkyl halides is 3. The molecule has 1 unspecified atom stereocenters.